The summed E-state index contributed by atoms with van der Waals surface area (Å²) in [6, 6.07) is 8.07. The first-order valence-corrected chi connectivity index (χ1v) is 6.00. The summed E-state index contributed by atoms with van der Waals surface area (Å²) >= 11 is 0. The van der Waals surface area contributed by atoms with Gasteiger partial charge in [0.15, 0.2) is 0 Å². The summed E-state index contributed by atoms with van der Waals surface area (Å²) in [5.74, 6) is 0.0725. The van der Waals surface area contributed by atoms with Crippen molar-refractivity contribution in [2.45, 2.75) is 26.3 Å². The van der Waals surface area contributed by atoms with E-state index in [1.54, 1.807) is 4.90 Å². The molecule has 1 saturated carbocycles. The molecule has 1 fully saturated rings. The fourth-order valence-electron chi connectivity index (χ4n) is 2.11. The molecule has 0 radical (unpaired) electrons. The molecule has 0 saturated heterocycles. The first-order valence-electron chi connectivity index (χ1n) is 6.00. The summed E-state index contributed by atoms with van der Waals surface area (Å²) in [6.07, 6.45) is 1.64. The second kappa shape index (κ2) is 4.49. The van der Waals surface area contributed by atoms with Crippen molar-refractivity contribution < 1.29 is 9.90 Å². The van der Waals surface area contributed by atoms with Crippen LogP contribution < -0.4 is 0 Å². The molecule has 1 aromatic carbocycles. The fraction of sp³-hybridized carbons (Fsp3) is 0.500. The van der Waals surface area contributed by atoms with Crippen LogP contribution in [0.1, 0.15) is 24.0 Å². The second-order valence-electron chi connectivity index (χ2n) is 5.03. The van der Waals surface area contributed by atoms with Crippen molar-refractivity contribution in [1.82, 2.24) is 4.90 Å². The van der Waals surface area contributed by atoms with Gasteiger partial charge in [0.2, 0.25) is 5.91 Å². The molecule has 0 atom stereocenters. The van der Waals surface area contributed by atoms with Crippen molar-refractivity contribution in [2.75, 3.05) is 13.7 Å². The lowest BCUT2D eigenvalue weighted by Gasteiger charge is -2.23. The molecule has 0 bridgehead atoms. The zero-order chi connectivity index (χ0) is 12.5. The van der Waals surface area contributed by atoms with Gasteiger partial charge in [0, 0.05) is 13.6 Å². The molecule has 92 valence electrons. The van der Waals surface area contributed by atoms with E-state index in [2.05, 4.69) is 0 Å². The Balaban J connectivity index is 2.05. The predicted octanol–water partition coefficient (Wildman–Crippen LogP) is 1.73. The molecule has 0 unspecified atom stereocenters. The van der Waals surface area contributed by atoms with Crippen molar-refractivity contribution in [3.8, 4) is 0 Å². The highest BCUT2D eigenvalue weighted by molar-refractivity contribution is 5.85. The number of carbonyl (C=O) groups is 1. The fourth-order valence-corrected chi connectivity index (χ4v) is 2.11. The number of amides is 1. The van der Waals surface area contributed by atoms with Gasteiger partial charge in [-0.2, -0.15) is 0 Å². The molecule has 1 aromatic rings. The molecule has 17 heavy (non-hydrogen) atoms. The minimum atomic E-state index is -0.461. The average molecular weight is 233 g/mol. The van der Waals surface area contributed by atoms with Crippen molar-refractivity contribution in [3.63, 3.8) is 0 Å². The minimum absolute atomic E-state index is 0.0239. The Morgan fingerprint density at radius 2 is 2.06 bits per heavy atom. The Kier molecular flexibility index (Phi) is 3.20. The Labute approximate surface area is 102 Å². The molecule has 2 rings (SSSR count). The van der Waals surface area contributed by atoms with Crippen molar-refractivity contribution in [3.05, 3.63) is 35.4 Å². The number of benzene rings is 1. The summed E-state index contributed by atoms with van der Waals surface area (Å²) in [5, 5.41) is 9.25. The largest absolute Gasteiger partial charge is 0.395 e. The lowest BCUT2D eigenvalue weighted by atomic mass is 10.1. The highest BCUT2D eigenvalue weighted by Crippen LogP contribution is 2.46. The van der Waals surface area contributed by atoms with Gasteiger partial charge >= 0.3 is 0 Å². The molecule has 0 aromatic heterocycles. The SMILES string of the molecule is Cc1ccccc1CN(C)C(=O)C1(CO)CC1. The Morgan fingerprint density at radius 1 is 1.41 bits per heavy atom. The summed E-state index contributed by atoms with van der Waals surface area (Å²) in [4.78, 5) is 13.9. The monoisotopic (exact) mass is 233 g/mol. The van der Waals surface area contributed by atoms with Crippen LogP contribution in [0.25, 0.3) is 0 Å². The molecular formula is C14H19NO2. The van der Waals surface area contributed by atoms with E-state index in [1.807, 2.05) is 38.2 Å². The molecule has 1 amide bonds. The van der Waals surface area contributed by atoms with E-state index in [4.69, 9.17) is 0 Å². The topological polar surface area (TPSA) is 40.5 Å². The smallest absolute Gasteiger partial charge is 0.231 e. The molecule has 0 aliphatic heterocycles. The summed E-state index contributed by atoms with van der Waals surface area (Å²) < 4.78 is 0. The number of nitrogens with zero attached hydrogens (tertiary/aromatic N) is 1. The number of hydrogen-bond acceptors (Lipinski definition) is 2. The lowest BCUT2D eigenvalue weighted by Crippen LogP contribution is -2.35. The van der Waals surface area contributed by atoms with Crippen LogP contribution in [-0.4, -0.2) is 29.6 Å². The van der Waals surface area contributed by atoms with Gasteiger partial charge in [-0.05, 0) is 30.9 Å². The average Bonchev–Trinajstić information content (AvgIpc) is 3.12. The number of aliphatic hydroxyl groups excluding tert-OH is 1. The van der Waals surface area contributed by atoms with Crippen molar-refractivity contribution in [2.24, 2.45) is 5.41 Å². The summed E-state index contributed by atoms with van der Waals surface area (Å²) in [5.41, 5.74) is 1.90. The number of carbonyl (C=O) groups excluding carboxylic acids is 1. The standard InChI is InChI=1S/C14H19NO2/c1-11-5-3-4-6-12(11)9-15(2)13(17)14(10-16)7-8-14/h3-6,16H,7-10H2,1-2H3. The Morgan fingerprint density at radius 3 is 2.59 bits per heavy atom. The van der Waals surface area contributed by atoms with E-state index in [9.17, 15) is 9.90 Å². The van der Waals surface area contributed by atoms with Crippen molar-refractivity contribution in [1.29, 1.82) is 0 Å². The van der Waals surface area contributed by atoms with Crippen molar-refractivity contribution >= 4 is 5.91 Å². The van der Waals surface area contributed by atoms with Gasteiger partial charge in [0.05, 0.1) is 12.0 Å². The van der Waals surface area contributed by atoms with Crippen LogP contribution in [-0.2, 0) is 11.3 Å². The van der Waals surface area contributed by atoms with E-state index in [1.165, 1.54) is 5.56 Å². The van der Waals surface area contributed by atoms with Crippen LogP contribution in [0.15, 0.2) is 24.3 Å². The van der Waals surface area contributed by atoms with Gasteiger partial charge in [0.25, 0.3) is 0 Å². The number of aryl methyl sites for hydroxylation is 1. The van der Waals surface area contributed by atoms with Gasteiger partial charge in [-0.1, -0.05) is 24.3 Å². The van der Waals surface area contributed by atoms with E-state index in [-0.39, 0.29) is 12.5 Å². The highest BCUT2D eigenvalue weighted by Gasteiger charge is 2.50. The van der Waals surface area contributed by atoms with Crippen LogP contribution in [0.3, 0.4) is 0 Å². The first kappa shape index (κ1) is 12.1. The minimum Gasteiger partial charge on any atom is -0.395 e. The third-order valence-electron chi connectivity index (χ3n) is 3.63. The highest BCUT2D eigenvalue weighted by atomic mass is 16.3. The maximum Gasteiger partial charge on any atom is 0.231 e. The summed E-state index contributed by atoms with van der Waals surface area (Å²) in [6.45, 7) is 2.64. The molecule has 1 aliphatic carbocycles. The van der Waals surface area contributed by atoms with Crippen LogP contribution in [0.2, 0.25) is 0 Å². The quantitative estimate of drug-likeness (QED) is 0.860. The molecule has 0 spiro atoms. The van der Waals surface area contributed by atoms with Crippen LogP contribution in [0.5, 0.6) is 0 Å². The van der Waals surface area contributed by atoms with Gasteiger partial charge in [0.1, 0.15) is 0 Å². The lowest BCUT2D eigenvalue weighted by molar-refractivity contribution is -0.137. The van der Waals surface area contributed by atoms with E-state index in [0.29, 0.717) is 6.54 Å². The van der Waals surface area contributed by atoms with E-state index < -0.39 is 5.41 Å². The predicted molar refractivity (Wildman–Crippen MR) is 66.4 cm³/mol. The molecule has 3 heteroatoms. The molecule has 3 nitrogen and oxygen atoms in total. The zero-order valence-electron chi connectivity index (χ0n) is 10.4. The number of rotatable bonds is 4. The van der Waals surface area contributed by atoms with Crippen LogP contribution in [0.4, 0.5) is 0 Å². The molecule has 0 heterocycles. The maximum atomic E-state index is 12.1. The summed E-state index contributed by atoms with van der Waals surface area (Å²) in [7, 11) is 1.81. The van der Waals surface area contributed by atoms with Gasteiger partial charge in [-0.3, -0.25) is 4.79 Å². The van der Waals surface area contributed by atoms with Gasteiger partial charge in [-0.25, -0.2) is 0 Å². The van der Waals surface area contributed by atoms with E-state index in [0.717, 1.165) is 18.4 Å². The van der Waals surface area contributed by atoms with Crippen LogP contribution >= 0.6 is 0 Å². The second-order valence-corrected chi connectivity index (χ2v) is 5.03. The first-order chi connectivity index (χ1) is 8.09. The zero-order valence-corrected chi connectivity index (χ0v) is 10.4. The Hall–Kier alpha value is -1.35. The Bertz CT molecular complexity index is 424. The number of hydrogen-bond donors (Lipinski definition) is 1. The number of aliphatic hydroxyl groups is 1. The molecule has 1 aliphatic rings. The van der Waals surface area contributed by atoms with Gasteiger partial charge < -0.3 is 10.0 Å². The third kappa shape index (κ3) is 2.34. The maximum absolute atomic E-state index is 12.1. The van der Waals surface area contributed by atoms with E-state index >= 15 is 0 Å². The third-order valence-corrected chi connectivity index (χ3v) is 3.63. The van der Waals surface area contributed by atoms with Crippen LogP contribution in [0, 0.1) is 12.3 Å². The van der Waals surface area contributed by atoms with Gasteiger partial charge in [-0.15, -0.1) is 0 Å². The normalized spacial score (nSPS) is 16.6. The molecular weight excluding hydrogens is 214 g/mol. The molecule has 1 N–H and O–H groups in total.